The van der Waals surface area contributed by atoms with Crippen LogP contribution in [0, 0.1) is 18.3 Å². The predicted octanol–water partition coefficient (Wildman–Crippen LogP) is 2.95. The van der Waals surface area contributed by atoms with Gasteiger partial charge in [0.2, 0.25) is 5.91 Å². The summed E-state index contributed by atoms with van der Waals surface area (Å²) in [6.45, 7) is 3.87. The van der Waals surface area contributed by atoms with Gasteiger partial charge in [0.25, 0.3) is 0 Å². The summed E-state index contributed by atoms with van der Waals surface area (Å²) in [5.41, 5.74) is 2.92. The third kappa shape index (κ3) is 3.79. The first-order valence-corrected chi connectivity index (χ1v) is 9.35. The van der Waals surface area contributed by atoms with Gasteiger partial charge in [-0.25, -0.2) is 4.79 Å². The smallest absolute Gasteiger partial charge is 0.321 e. The van der Waals surface area contributed by atoms with E-state index in [1.807, 2.05) is 48.2 Å². The zero-order chi connectivity index (χ0) is 18.9. The van der Waals surface area contributed by atoms with Crippen molar-refractivity contribution in [1.82, 2.24) is 15.2 Å². The Kier molecular flexibility index (Phi) is 4.56. The fourth-order valence-electron chi connectivity index (χ4n) is 3.98. The third-order valence-corrected chi connectivity index (χ3v) is 5.66. The van der Waals surface area contributed by atoms with E-state index in [2.05, 4.69) is 15.6 Å². The Labute approximate surface area is 159 Å². The molecule has 0 bridgehead atoms. The molecule has 2 N–H and O–H groups in total. The van der Waals surface area contributed by atoms with Crippen LogP contribution < -0.4 is 10.6 Å². The van der Waals surface area contributed by atoms with E-state index in [9.17, 15) is 9.59 Å². The zero-order valence-corrected chi connectivity index (χ0v) is 15.4. The maximum absolute atomic E-state index is 12.5. The molecule has 3 amide bonds. The summed E-state index contributed by atoms with van der Waals surface area (Å²) in [7, 11) is 0. The van der Waals surface area contributed by atoms with E-state index >= 15 is 0 Å². The Bertz CT molecular complexity index is 854. The molecule has 6 nitrogen and oxygen atoms in total. The molecule has 1 aliphatic heterocycles. The summed E-state index contributed by atoms with van der Waals surface area (Å²) in [6, 6.07) is 11.5. The summed E-state index contributed by atoms with van der Waals surface area (Å²) in [4.78, 5) is 30.8. The van der Waals surface area contributed by atoms with E-state index in [1.54, 1.807) is 12.4 Å². The van der Waals surface area contributed by atoms with Crippen molar-refractivity contribution in [3.8, 4) is 0 Å². The van der Waals surface area contributed by atoms with Crippen LogP contribution in [0.3, 0.4) is 0 Å². The number of anilines is 1. The van der Waals surface area contributed by atoms with Gasteiger partial charge in [0.05, 0.1) is 0 Å². The quantitative estimate of drug-likeness (QED) is 0.876. The van der Waals surface area contributed by atoms with E-state index in [-0.39, 0.29) is 23.3 Å². The molecule has 2 atom stereocenters. The summed E-state index contributed by atoms with van der Waals surface area (Å²) in [5, 5.41) is 5.98. The molecule has 2 fully saturated rings. The number of nitrogens with one attached hydrogen (secondary N) is 2. The van der Waals surface area contributed by atoms with Crippen LogP contribution in [0.4, 0.5) is 10.5 Å². The SMILES string of the molecule is Cc1cccc(NC(=O)N2CC[C@@]3(C[C@H]3C(=O)NCc3ccncc3)C2)c1. The lowest BCUT2D eigenvalue weighted by atomic mass is 10.0. The van der Waals surface area contributed by atoms with Crippen LogP contribution in [0.25, 0.3) is 0 Å². The Hall–Kier alpha value is -2.89. The molecule has 1 aliphatic carbocycles. The molecule has 2 aliphatic rings. The molecular weight excluding hydrogens is 340 g/mol. The van der Waals surface area contributed by atoms with Crippen LogP contribution in [-0.4, -0.2) is 34.9 Å². The molecule has 140 valence electrons. The van der Waals surface area contributed by atoms with Gasteiger partial charge in [-0.15, -0.1) is 0 Å². The number of carbonyl (C=O) groups excluding carboxylic acids is 2. The number of rotatable bonds is 4. The number of aryl methyl sites for hydroxylation is 1. The molecule has 1 saturated carbocycles. The number of benzene rings is 1. The average Bonchev–Trinajstić information content (AvgIpc) is 3.20. The molecule has 2 heterocycles. The number of carbonyl (C=O) groups is 2. The lowest BCUT2D eigenvalue weighted by molar-refractivity contribution is -0.123. The van der Waals surface area contributed by atoms with Crippen molar-refractivity contribution in [1.29, 1.82) is 0 Å². The van der Waals surface area contributed by atoms with Gasteiger partial charge < -0.3 is 15.5 Å². The molecule has 1 saturated heterocycles. The highest BCUT2D eigenvalue weighted by Gasteiger charge is 2.61. The number of aromatic nitrogens is 1. The molecule has 27 heavy (non-hydrogen) atoms. The predicted molar refractivity (Wildman–Crippen MR) is 103 cm³/mol. The standard InChI is InChI=1S/C21H24N4O2/c1-15-3-2-4-17(11-15)24-20(27)25-10-7-21(14-25)12-18(21)19(26)23-13-16-5-8-22-9-6-16/h2-6,8-9,11,18H,7,10,12-14H2,1H3,(H,23,26)(H,24,27)/t18-,21+/m0/s1. The Morgan fingerprint density at radius 2 is 2.07 bits per heavy atom. The van der Waals surface area contributed by atoms with Gasteiger partial charge >= 0.3 is 6.03 Å². The number of pyridine rings is 1. The fourth-order valence-corrected chi connectivity index (χ4v) is 3.98. The Morgan fingerprint density at radius 1 is 1.26 bits per heavy atom. The molecule has 2 aromatic rings. The van der Waals surface area contributed by atoms with Crippen LogP contribution in [0.15, 0.2) is 48.8 Å². The van der Waals surface area contributed by atoms with Crippen molar-refractivity contribution in [3.63, 3.8) is 0 Å². The highest BCUT2D eigenvalue weighted by molar-refractivity contribution is 5.90. The molecule has 1 aromatic heterocycles. The van der Waals surface area contributed by atoms with Gasteiger partial charge in [0.1, 0.15) is 0 Å². The van der Waals surface area contributed by atoms with Crippen molar-refractivity contribution in [2.24, 2.45) is 11.3 Å². The van der Waals surface area contributed by atoms with Gasteiger partial charge in [0, 0.05) is 49.0 Å². The maximum Gasteiger partial charge on any atom is 0.321 e. The second-order valence-electron chi connectivity index (χ2n) is 7.66. The van der Waals surface area contributed by atoms with E-state index < -0.39 is 0 Å². The molecule has 0 unspecified atom stereocenters. The van der Waals surface area contributed by atoms with Crippen molar-refractivity contribution < 1.29 is 9.59 Å². The van der Waals surface area contributed by atoms with Crippen LogP contribution in [0.1, 0.15) is 24.0 Å². The highest BCUT2D eigenvalue weighted by Crippen LogP contribution is 2.58. The van der Waals surface area contributed by atoms with Crippen molar-refractivity contribution in [2.45, 2.75) is 26.3 Å². The van der Waals surface area contributed by atoms with Crippen molar-refractivity contribution in [3.05, 3.63) is 59.9 Å². The molecule has 0 radical (unpaired) electrons. The zero-order valence-electron chi connectivity index (χ0n) is 15.4. The second-order valence-corrected chi connectivity index (χ2v) is 7.66. The highest BCUT2D eigenvalue weighted by atomic mass is 16.2. The fraction of sp³-hybridized carbons (Fsp3) is 0.381. The van der Waals surface area contributed by atoms with Gasteiger partial charge in [0.15, 0.2) is 0 Å². The van der Waals surface area contributed by atoms with E-state index in [1.165, 1.54) is 0 Å². The van der Waals surface area contributed by atoms with Crippen LogP contribution in [0.5, 0.6) is 0 Å². The number of amides is 3. The molecule has 6 heteroatoms. The minimum Gasteiger partial charge on any atom is -0.352 e. The number of nitrogens with zero attached hydrogens (tertiary/aromatic N) is 2. The van der Waals surface area contributed by atoms with Gasteiger partial charge in [-0.2, -0.15) is 0 Å². The number of hydrogen-bond acceptors (Lipinski definition) is 3. The first-order valence-electron chi connectivity index (χ1n) is 9.35. The maximum atomic E-state index is 12.5. The molecule has 1 aromatic carbocycles. The second kappa shape index (κ2) is 7.02. The van der Waals surface area contributed by atoms with Crippen LogP contribution >= 0.6 is 0 Å². The summed E-state index contributed by atoms with van der Waals surface area (Å²) >= 11 is 0. The normalized spacial score (nSPS) is 23.3. The lowest BCUT2D eigenvalue weighted by Crippen LogP contribution is -2.34. The summed E-state index contributed by atoms with van der Waals surface area (Å²) in [5.74, 6) is 0.101. The van der Waals surface area contributed by atoms with E-state index in [0.717, 1.165) is 29.7 Å². The third-order valence-electron chi connectivity index (χ3n) is 5.66. The Morgan fingerprint density at radius 3 is 2.85 bits per heavy atom. The largest absolute Gasteiger partial charge is 0.352 e. The molecule has 4 rings (SSSR count). The van der Waals surface area contributed by atoms with E-state index in [4.69, 9.17) is 0 Å². The summed E-state index contributed by atoms with van der Waals surface area (Å²) in [6.07, 6.45) is 5.20. The Balaban J connectivity index is 1.29. The summed E-state index contributed by atoms with van der Waals surface area (Å²) < 4.78 is 0. The minimum absolute atomic E-state index is 0.0103. The first-order chi connectivity index (χ1) is 13.1. The van der Waals surface area contributed by atoms with Crippen molar-refractivity contribution >= 4 is 17.6 Å². The molecular formula is C21H24N4O2. The van der Waals surface area contributed by atoms with Crippen LogP contribution in [-0.2, 0) is 11.3 Å². The lowest BCUT2D eigenvalue weighted by Gasteiger charge is -2.18. The average molecular weight is 364 g/mol. The monoisotopic (exact) mass is 364 g/mol. The van der Waals surface area contributed by atoms with Gasteiger partial charge in [-0.3, -0.25) is 9.78 Å². The van der Waals surface area contributed by atoms with Gasteiger partial charge in [-0.05, 0) is 55.2 Å². The number of urea groups is 1. The van der Waals surface area contributed by atoms with Crippen LogP contribution in [0.2, 0.25) is 0 Å². The van der Waals surface area contributed by atoms with E-state index in [0.29, 0.717) is 19.6 Å². The van der Waals surface area contributed by atoms with Gasteiger partial charge in [-0.1, -0.05) is 12.1 Å². The first kappa shape index (κ1) is 17.5. The minimum atomic E-state index is -0.0830. The molecule has 1 spiro atoms. The van der Waals surface area contributed by atoms with Crippen molar-refractivity contribution in [2.75, 3.05) is 18.4 Å². The topological polar surface area (TPSA) is 74.3 Å². The number of hydrogen-bond donors (Lipinski definition) is 2. The number of likely N-dealkylation sites (tertiary alicyclic amines) is 1.